The van der Waals surface area contributed by atoms with Crippen molar-refractivity contribution in [2.45, 2.75) is 55.4 Å². The summed E-state index contributed by atoms with van der Waals surface area (Å²) in [6, 6.07) is 30.8. The number of amides is 5. The number of hydrogen-bond acceptors (Lipinski definition) is 10. The third kappa shape index (κ3) is 9.21. The third-order valence-electron chi connectivity index (χ3n) is 9.33. The molecule has 15 nitrogen and oxygen atoms in total. The monoisotopic (exact) mass is 773 g/mol. The van der Waals surface area contributed by atoms with E-state index in [4.69, 9.17) is 4.74 Å². The molecule has 7 rings (SSSR count). The molecule has 3 heterocycles. The van der Waals surface area contributed by atoms with Crippen molar-refractivity contribution >= 4 is 47.0 Å². The summed E-state index contributed by atoms with van der Waals surface area (Å²) in [7, 11) is 0. The van der Waals surface area contributed by atoms with E-state index < -0.39 is 36.0 Å². The molecule has 5 aromatic rings. The molecule has 0 unspecified atom stereocenters. The molecule has 0 radical (unpaired) electrons. The van der Waals surface area contributed by atoms with Crippen LogP contribution in [0.4, 0.5) is 10.5 Å². The first kappa shape index (κ1) is 37.8. The summed E-state index contributed by atoms with van der Waals surface area (Å²) in [5, 5.41) is 23.1. The highest BCUT2D eigenvalue weighted by Crippen LogP contribution is 2.27. The molecular weight excluding hydrogens is 735 g/mol. The number of aromatic nitrogens is 4. The number of para-hydroxylation sites is 2. The van der Waals surface area contributed by atoms with Gasteiger partial charge in [-0.2, -0.15) is 4.68 Å². The molecule has 0 bridgehead atoms. The Hall–Kier alpha value is -6.55. The Kier molecular flexibility index (Phi) is 11.9. The van der Waals surface area contributed by atoms with Crippen LogP contribution in [0.25, 0.3) is 5.69 Å². The van der Waals surface area contributed by atoms with Gasteiger partial charge in [0.2, 0.25) is 17.0 Å². The van der Waals surface area contributed by atoms with E-state index in [-0.39, 0.29) is 49.7 Å². The van der Waals surface area contributed by atoms with E-state index in [0.29, 0.717) is 28.8 Å². The topological polar surface area (TPSA) is 181 Å². The van der Waals surface area contributed by atoms with Crippen molar-refractivity contribution in [1.29, 1.82) is 0 Å². The van der Waals surface area contributed by atoms with E-state index in [9.17, 15) is 24.0 Å². The Labute approximate surface area is 326 Å². The lowest BCUT2D eigenvalue weighted by molar-refractivity contribution is -0.176. The van der Waals surface area contributed by atoms with Gasteiger partial charge in [0.15, 0.2) is 5.78 Å². The van der Waals surface area contributed by atoms with Crippen LogP contribution in [0.15, 0.2) is 120 Å². The van der Waals surface area contributed by atoms with E-state index in [2.05, 4.69) is 31.5 Å². The smallest absolute Gasteiger partial charge is 0.319 e. The Morgan fingerprint density at radius 2 is 1.52 bits per heavy atom. The fraction of sp³-hybridized carbons (Fsp3) is 0.250. The zero-order valence-corrected chi connectivity index (χ0v) is 31.0. The summed E-state index contributed by atoms with van der Waals surface area (Å²) in [6.07, 6.45) is 0.950. The second kappa shape index (κ2) is 17.7. The lowest BCUT2D eigenvalue weighted by atomic mass is 10.0. The molecule has 0 spiro atoms. The molecule has 1 aromatic heterocycles. The first-order valence-electron chi connectivity index (χ1n) is 18.2. The summed E-state index contributed by atoms with van der Waals surface area (Å²) >= 11 is 1.14. The number of hydrogen-bond donors (Lipinski definition) is 3. The molecule has 56 heavy (non-hydrogen) atoms. The van der Waals surface area contributed by atoms with Gasteiger partial charge in [0, 0.05) is 18.7 Å². The minimum absolute atomic E-state index is 0.0121. The first-order valence-corrected chi connectivity index (χ1v) is 19.2. The van der Waals surface area contributed by atoms with Gasteiger partial charge in [0.25, 0.3) is 5.91 Å². The van der Waals surface area contributed by atoms with Crippen LogP contribution in [0.5, 0.6) is 11.5 Å². The number of benzene rings is 4. The summed E-state index contributed by atoms with van der Waals surface area (Å²) in [5.41, 5.74) is 2.01. The van der Waals surface area contributed by atoms with Gasteiger partial charge in [-0.25, -0.2) is 9.80 Å². The largest absolute Gasteiger partial charge is 0.457 e. The molecule has 2 aliphatic heterocycles. The van der Waals surface area contributed by atoms with Crippen LogP contribution in [0.2, 0.25) is 0 Å². The van der Waals surface area contributed by atoms with E-state index in [1.165, 1.54) is 14.7 Å². The van der Waals surface area contributed by atoms with Crippen molar-refractivity contribution in [2.24, 2.45) is 0 Å². The zero-order valence-electron chi connectivity index (χ0n) is 30.2. The summed E-state index contributed by atoms with van der Waals surface area (Å²) in [4.78, 5) is 68.7. The van der Waals surface area contributed by atoms with Crippen LogP contribution in [-0.2, 0) is 25.6 Å². The number of ketones is 1. The van der Waals surface area contributed by atoms with Gasteiger partial charge in [-0.3, -0.25) is 24.2 Å². The quantitative estimate of drug-likeness (QED) is 0.144. The predicted octanol–water partition coefficient (Wildman–Crippen LogP) is 4.56. The van der Waals surface area contributed by atoms with Crippen LogP contribution >= 0.6 is 11.8 Å². The molecule has 3 atom stereocenters. The standard InChI is InChI=1S/C40H39N9O6S/c50-35(26-56-40-44-45-46-48(40)29-13-6-2-7-14-29)33(25-27-11-4-1-5-12-27)42-37(52)34-17-10-24-47-36(51)23-22-32(38(53)49(34)47)43-39(54)41-28-18-20-31(21-19-28)55-30-15-8-3-9-16-30/h1-9,11-16,18-21,32-34H,10,17,22-26H2,(H,42,52)(H2,41,43,54)/t32-,33-,34-/m0/s1. The van der Waals surface area contributed by atoms with Gasteiger partial charge in [-0.15, -0.1) is 5.10 Å². The summed E-state index contributed by atoms with van der Waals surface area (Å²) < 4.78 is 7.35. The molecule has 3 N–H and O–H groups in total. The predicted molar refractivity (Wildman–Crippen MR) is 207 cm³/mol. The molecule has 0 saturated carbocycles. The van der Waals surface area contributed by atoms with Crippen molar-refractivity contribution in [3.63, 3.8) is 0 Å². The average molecular weight is 774 g/mol. The molecule has 2 saturated heterocycles. The Morgan fingerprint density at radius 3 is 2.25 bits per heavy atom. The minimum Gasteiger partial charge on any atom is -0.457 e. The van der Waals surface area contributed by atoms with Crippen LogP contribution in [0.3, 0.4) is 0 Å². The molecule has 0 aliphatic carbocycles. The highest BCUT2D eigenvalue weighted by Gasteiger charge is 2.45. The Bertz CT molecular complexity index is 2160. The second-order valence-corrected chi connectivity index (χ2v) is 14.1. The van der Waals surface area contributed by atoms with Gasteiger partial charge >= 0.3 is 6.03 Å². The molecule has 2 fully saturated rings. The van der Waals surface area contributed by atoms with Crippen LogP contribution < -0.4 is 20.7 Å². The highest BCUT2D eigenvalue weighted by atomic mass is 32.2. The van der Waals surface area contributed by atoms with Crippen molar-refractivity contribution in [1.82, 2.24) is 40.9 Å². The Balaban J connectivity index is 1.03. The summed E-state index contributed by atoms with van der Waals surface area (Å²) in [6.45, 7) is 0.240. The number of thioether (sulfide) groups is 1. The maximum absolute atomic E-state index is 14.2. The van der Waals surface area contributed by atoms with Crippen molar-refractivity contribution in [3.05, 3.63) is 121 Å². The average Bonchev–Trinajstić information content (AvgIpc) is 3.67. The van der Waals surface area contributed by atoms with Gasteiger partial charge in [0.05, 0.1) is 17.5 Å². The van der Waals surface area contributed by atoms with E-state index in [1.807, 2.05) is 91.0 Å². The third-order valence-corrected chi connectivity index (χ3v) is 10.3. The number of nitrogens with zero attached hydrogens (tertiary/aromatic N) is 6. The minimum atomic E-state index is -1.09. The fourth-order valence-electron chi connectivity index (χ4n) is 6.56. The highest BCUT2D eigenvalue weighted by molar-refractivity contribution is 7.99. The molecule has 5 amide bonds. The molecular formula is C40H39N9O6S. The lowest BCUT2D eigenvalue weighted by Crippen LogP contribution is -2.64. The lowest BCUT2D eigenvalue weighted by Gasteiger charge is -2.43. The first-order chi connectivity index (χ1) is 27.3. The Morgan fingerprint density at radius 1 is 0.839 bits per heavy atom. The van der Waals surface area contributed by atoms with Crippen LogP contribution in [0, 0.1) is 0 Å². The van der Waals surface area contributed by atoms with Gasteiger partial charge < -0.3 is 20.7 Å². The number of fused-ring (bicyclic) bond motifs is 1. The number of anilines is 1. The SMILES string of the molecule is O=C(Nc1ccc(Oc2ccccc2)cc1)N[C@H]1CCC(=O)N2CCC[C@@H](C(=O)N[C@@H](Cc3ccccc3)C(=O)CSc3nnnn3-c3ccccc3)N2C1=O. The number of rotatable bonds is 13. The van der Waals surface area contributed by atoms with Crippen molar-refractivity contribution in [2.75, 3.05) is 17.6 Å². The second-order valence-electron chi connectivity index (χ2n) is 13.2. The number of Topliss-reactive ketones (excluding diaryl/α,β-unsaturated/α-hetero) is 1. The van der Waals surface area contributed by atoms with E-state index >= 15 is 0 Å². The van der Waals surface area contributed by atoms with Crippen molar-refractivity contribution < 1.29 is 28.7 Å². The van der Waals surface area contributed by atoms with Gasteiger partial charge in [-0.1, -0.05) is 78.5 Å². The molecule has 286 valence electrons. The van der Waals surface area contributed by atoms with Gasteiger partial charge in [-0.05, 0) is 90.2 Å². The zero-order chi connectivity index (χ0) is 38.9. The molecule has 4 aromatic carbocycles. The normalized spacial score (nSPS) is 17.3. The molecule has 16 heteroatoms. The van der Waals surface area contributed by atoms with Gasteiger partial charge in [0.1, 0.15) is 23.6 Å². The van der Waals surface area contributed by atoms with Crippen LogP contribution in [-0.4, -0.2) is 90.2 Å². The number of urea groups is 1. The maximum Gasteiger partial charge on any atom is 0.319 e. The van der Waals surface area contributed by atoms with Crippen molar-refractivity contribution in [3.8, 4) is 17.2 Å². The summed E-state index contributed by atoms with van der Waals surface area (Å²) in [5.74, 6) is -0.589. The van der Waals surface area contributed by atoms with E-state index in [0.717, 1.165) is 23.0 Å². The number of tetrazole rings is 1. The maximum atomic E-state index is 14.2. The number of hydrazine groups is 1. The van der Waals surface area contributed by atoms with Crippen LogP contribution in [0.1, 0.15) is 31.2 Å². The number of carbonyl (C=O) groups excluding carboxylic acids is 5. The number of nitrogens with one attached hydrogen (secondary N) is 3. The number of ether oxygens (including phenoxy) is 1. The molecule has 2 aliphatic rings. The number of carbonyl (C=O) groups is 5. The van der Waals surface area contributed by atoms with E-state index in [1.54, 1.807) is 24.3 Å². The fourth-order valence-corrected chi connectivity index (χ4v) is 7.39.